The van der Waals surface area contributed by atoms with Gasteiger partial charge in [-0.1, -0.05) is 18.2 Å². The normalized spacial score (nSPS) is 11.0. The monoisotopic (exact) mass is 418 g/mol. The first-order valence-corrected chi connectivity index (χ1v) is 11.0. The van der Waals surface area contributed by atoms with Gasteiger partial charge in [-0.3, -0.25) is 9.10 Å². The van der Waals surface area contributed by atoms with Crippen molar-refractivity contribution in [1.29, 1.82) is 0 Å². The maximum atomic E-state index is 12.3. The molecule has 0 spiro atoms. The van der Waals surface area contributed by atoms with E-state index in [0.717, 1.165) is 17.4 Å². The van der Waals surface area contributed by atoms with Crippen molar-refractivity contribution in [2.45, 2.75) is 26.7 Å². The Labute approximate surface area is 171 Å². The van der Waals surface area contributed by atoms with Crippen LogP contribution in [0.1, 0.15) is 34.3 Å². The minimum Gasteiger partial charge on any atom is -0.465 e. The zero-order chi connectivity index (χ0) is 21.6. The number of carbonyl (C=O) groups excluding carboxylic acids is 2. The summed E-state index contributed by atoms with van der Waals surface area (Å²) in [6, 6.07) is 12.1. The van der Waals surface area contributed by atoms with Crippen molar-refractivity contribution in [3.8, 4) is 0 Å². The fraction of sp³-hybridized carbons (Fsp3) is 0.333. The third-order valence-corrected chi connectivity index (χ3v) is 5.46. The number of rotatable bonds is 8. The van der Waals surface area contributed by atoms with Crippen molar-refractivity contribution in [3.63, 3.8) is 0 Å². The predicted octanol–water partition coefficient (Wildman–Crippen LogP) is 3.27. The molecule has 8 heteroatoms. The molecule has 0 aliphatic carbocycles. The third-order valence-electron chi connectivity index (χ3n) is 4.27. The van der Waals surface area contributed by atoms with E-state index in [0.29, 0.717) is 17.8 Å². The molecule has 2 rings (SSSR count). The summed E-state index contributed by atoms with van der Waals surface area (Å²) < 4.78 is 30.5. The van der Waals surface area contributed by atoms with Crippen LogP contribution in [0, 0.1) is 13.8 Å². The second kappa shape index (κ2) is 9.56. The second-order valence-electron chi connectivity index (χ2n) is 6.87. The number of ether oxygens (including phenoxy) is 1. The van der Waals surface area contributed by atoms with Gasteiger partial charge in [0, 0.05) is 13.0 Å². The van der Waals surface area contributed by atoms with Gasteiger partial charge in [-0.25, -0.2) is 13.2 Å². The van der Waals surface area contributed by atoms with E-state index in [1.807, 2.05) is 19.9 Å². The Morgan fingerprint density at radius 1 is 1.07 bits per heavy atom. The highest BCUT2D eigenvalue weighted by atomic mass is 32.2. The van der Waals surface area contributed by atoms with Crippen LogP contribution in [0.5, 0.6) is 0 Å². The fourth-order valence-electron chi connectivity index (χ4n) is 3.06. The topological polar surface area (TPSA) is 92.8 Å². The number of esters is 1. The molecule has 0 bridgehead atoms. The molecule has 0 aromatic heterocycles. The Hall–Kier alpha value is -2.87. The number of amides is 1. The molecular weight excluding hydrogens is 392 g/mol. The Bertz CT molecular complexity index is 982. The molecule has 1 N–H and O–H groups in total. The number of nitrogens with zero attached hydrogens (tertiary/aromatic N) is 1. The van der Waals surface area contributed by atoms with Crippen molar-refractivity contribution in [2.75, 3.05) is 29.5 Å². The molecule has 2 aromatic rings. The van der Waals surface area contributed by atoms with Gasteiger partial charge >= 0.3 is 5.97 Å². The van der Waals surface area contributed by atoms with Gasteiger partial charge in [0.2, 0.25) is 15.9 Å². The number of nitrogens with one attached hydrogen (secondary N) is 1. The molecular formula is C21H26N2O5S. The van der Waals surface area contributed by atoms with Gasteiger partial charge in [-0.15, -0.1) is 0 Å². The van der Waals surface area contributed by atoms with E-state index >= 15 is 0 Å². The minimum atomic E-state index is -3.49. The first kappa shape index (κ1) is 22.4. The lowest BCUT2D eigenvalue weighted by molar-refractivity contribution is -0.116. The van der Waals surface area contributed by atoms with Gasteiger partial charge in [-0.2, -0.15) is 0 Å². The summed E-state index contributed by atoms with van der Waals surface area (Å²) in [5, 5.41) is 2.69. The summed E-state index contributed by atoms with van der Waals surface area (Å²) in [5.74, 6) is -0.853. The fourth-order valence-corrected chi connectivity index (χ4v) is 4.01. The highest BCUT2D eigenvalue weighted by Gasteiger charge is 2.19. The van der Waals surface area contributed by atoms with Crippen LogP contribution in [-0.4, -0.2) is 40.2 Å². The maximum absolute atomic E-state index is 12.3. The largest absolute Gasteiger partial charge is 0.465 e. The highest BCUT2D eigenvalue weighted by Crippen LogP contribution is 2.22. The third kappa shape index (κ3) is 6.32. The number of benzene rings is 2. The number of anilines is 2. The average molecular weight is 419 g/mol. The number of carbonyl (C=O) groups is 2. The Morgan fingerprint density at radius 3 is 2.28 bits per heavy atom. The Morgan fingerprint density at radius 2 is 1.69 bits per heavy atom. The van der Waals surface area contributed by atoms with Crippen molar-refractivity contribution in [3.05, 3.63) is 59.2 Å². The van der Waals surface area contributed by atoms with Crippen molar-refractivity contribution in [1.82, 2.24) is 0 Å². The van der Waals surface area contributed by atoms with Crippen LogP contribution in [-0.2, 0) is 19.6 Å². The number of aryl methyl sites for hydroxylation is 2. The first-order chi connectivity index (χ1) is 13.6. The van der Waals surface area contributed by atoms with E-state index < -0.39 is 16.0 Å². The zero-order valence-corrected chi connectivity index (χ0v) is 17.9. The van der Waals surface area contributed by atoms with E-state index in [2.05, 4.69) is 5.32 Å². The zero-order valence-electron chi connectivity index (χ0n) is 17.1. The molecule has 0 aliphatic heterocycles. The summed E-state index contributed by atoms with van der Waals surface area (Å²) in [7, 11) is -2.22. The van der Waals surface area contributed by atoms with Crippen LogP contribution in [0.3, 0.4) is 0 Å². The summed E-state index contributed by atoms with van der Waals surface area (Å²) in [6.45, 7) is 3.99. The number of hydrogen-bond acceptors (Lipinski definition) is 5. The van der Waals surface area contributed by atoms with Gasteiger partial charge in [0.15, 0.2) is 0 Å². The highest BCUT2D eigenvalue weighted by molar-refractivity contribution is 7.92. The number of para-hydroxylation sites is 1. The predicted molar refractivity (Wildman–Crippen MR) is 114 cm³/mol. The van der Waals surface area contributed by atoms with Crippen LogP contribution in [0.4, 0.5) is 11.4 Å². The van der Waals surface area contributed by atoms with Gasteiger partial charge in [0.05, 0.1) is 30.3 Å². The van der Waals surface area contributed by atoms with E-state index in [1.54, 1.807) is 36.4 Å². The molecule has 0 atom stereocenters. The Balaban J connectivity index is 2.05. The van der Waals surface area contributed by atoms with Crippen molar-refractivity contribution >= 4 is 33.3 Å². The van der Waals surface area contributed by atoms with Gasteiger partial charge in [0.25, 0.3) is 0 Å². The smallest absolute Gasteiger partial charge is 0.339 e. The van der Waals surface area contributed by atoms with E-state index in [4.69, 9.17) is 4.74 Å². The van der Waals surface area contributed by atoms with E-state index in [9.17, 15) is 18.0 Å². The SMILES string of the molecule is COC(=O)c1ccccc1NC(=O)CCCN(c1cc(C)cc(C)c1)S(C)(=O)=O. The average Bonchev–Trinajstić information content (AvgIpc) is 2.63. The maximum Gasteiger partial charge on any atom is 0.339 e. The second-order valence-corrected chi connectivity index (χ2v) is 8.78. The quantitative estimate of drug-likeness (QED) is 0.664. The van der Waals surface area contributed by atoms with Crippen LogP contribution in [0.15, 0.2) is 42.5 Å². The van der Waals surface area contributed by atoms with Crippen molar-refractivity contribution < 1.29 is 22.7 Å². The standard InChI is InChI=1S/C21H26N2O5S/c1-15-12-16(2)14-17(13-15)23(29(4,26)27)11-7-10-20(24)22-19-9-6-5-8-18(19)21(25)28-3/h5-6,8-9,12-14H,7,10-11H2,1-4H3,(H,22,24). The van der Waals surface area contributed by atoms with Gasteiger partial charge < -0.3 is 10.1 Å². The number of sulfonamides is 1. The summed E-state index contributed by atoms with van der Waals surface area (Å²) in [6.07, 6.45) is 1.58. The van der Waals surface area contributed by atoms with Gasteiger partial charge in [0.1, 0.15) is 0 Å². The lowest BCUT2D eigenvalue weighted by Crippen LogP contribution is -2.31. The van der Waals surface area contributed by atoms with Crippen LogP contribution >= 0.6 is 0 Å². The summed E-state index contributed by atoms with van der Waals surface area (Å²) in [5.41, 5.74) is 3.13. The van der Waals surface area contributed by atoms with Crippen LogP contribution in [0.2, 0.25) is 0 Å². The number of methoxy groups -OCH3 is 1. The van der Waals surface area contributed by atoms with Gasteiger partial charge in [-0.05, 0) is 55.7 Å². The molecule has 2 aromatic carbocycles. The molecule has 0 radical (unpaired) electrons. The molecule has 0 aliphatic rings. The molecule has 0 heterocycles. The lowest BCUT2D eigenvalue weighted by Gasteiger charge is -2.23. The van der Waals surface area contributed by atoms with Crippen LogP contribution in [0.25, 0.3) is 0 Å². The molecule has 0 saturated carbocycles. The van der Waals surface area contributed by atoms with E-state index in [1.165, 1.54) is 11.4 Å². The van der Waals surface area contributed by atoms with Crippen LogP contribution < -0.4 is 9.62 Å². The summed E-state index contributed by atoms with van der Waals surface area (Å²) >= 11 is 0. The lowest BCUT2D eigenvalue weighted by atomic mass is 10.1. The molecule has 156 valence electrons. The molecule has 0 unspecified atom stereocenters. The molecule has 0 fully saturated rings. The first-order valence-electron chi connectivity index (χ1n) is 9.15. The molecule has 0 saturated heterocycles. The minimum absolute atomic E-state index is 0.103. The molecule has 7 nitrogen and oxygen atoms in total. The Kier molecular flexibility index (Phi) is 7.39. The van der Waals surface area contributed by atoms with E-state index in [-0.39, 0.29) is 24.4 Å². The number of hydrogen-bond donors (Lipinski definition) is 1. The summed E-state index contributed by atoms with van der Waals surface area (Å²) in [4.78, 5) is 24.1. The molecule has 1 amide bonds. The molecule has 29 heavy (non-hydrogen) atoms. The van der Waals surface area contributed by atoms with Crippen molar-refractivity contribution in [2.24, 2.45) is 0 Å².